The van der Waals surface area contributed by atoms with Crippen LogP contribution in [0, 0.1) is 0 Å². The average molecular weight is 228 g/mol. The number of hydrogen-bond donors (Lipinski definition) is 2. The summed E-state index contributed by atoms with van der Waals surface area (Å²) in [7, 11) is 0. The molecule has 1 aliphatic rings. The second kappa shape index (κ2) is 4.43. The van der Waals surface area contributed by atoms with E-state index in [1.165, 1.54) is 0 Å². The highest BCUT2D eigenvalue weighted by atomic mass is 16.3. The Morgan fingerprint density at radius 3 is 3.00 bits per heavy atom. The van der Waals surface area contributed by atoms with E-state index in [0.29, 0.717) is 0 Å². The number of benzene rings is 1. The van der Waals surface area contributed by atoms with Gasteiger partial charge in [-0.05, 0) is 37.1 Å². The third-order valence-corrected chi connectivity index (χ3v) is 3.48. The first-order valence-corrected chi connectivity index (χ1v) is 6.11. The van der Waals surface area contributed by atoms with Crippen LogP contribution in [0.15, 0.2) is 36.5 Å². The Morgan fingerprint density at radius 2 is 2.18 bits per heavy atom. The van der Waals surface area contributed by atoms with Crippen molar-refractivity contribution >= 4 is 10.9 Å². The van der Waals surface area contributed by atoms with Crippen LogP contribution in [-0.4, -0.2) is 22.7 Å². The van der Waals surface area contributed by atoms with Gasteiger partial charge in [-0.2, -0.15) is 0 Å². The number of para-hydroxylation sites is 1. The van der Waals surface area contributed by atoms with Crippen molar-refractivity contribution in [2.24, 2.45) is 0 Å². The summed E-state index contributed by atoms with van der Waals surface area (Å²) in [6.45, 7) is 1.00. The largest absolute Gasteiger partial charge is 0.387 e. The van der Waals surface area contributed by atoms with Crippen molar-refractivity contribution in [3.8, 4) is 0 Å². The highest BCUT2D eigenvalue weighted by Crippen LogP contribution is 2.27. The Hall–Kier alpha value is -1.45. The SMILES string of the molecule is OC(c1ccnc2ccccc12)C1CCCN1. The van der Waals surface area contributed by atoms with Crippen molar-refractivity contribution in [2.75, 3.05) is 6.54 Å². The van der Waals surface area contributed by atoms with Crippen molar-refractivity contribution < 1.29 is 5.11 Å². The lowest BCUT2D eigenvalue weighted by atomic mass is 9.98. The molecule has 0 spiro atoms. The van der Waals surface area contributed by atoms with E-state index < -0.39 is 6.10 Å². The number of aromatic nitrogens is 1. The molecule has 2 atom stereocenters. The molecule has 0 saturated carbocycles. The number of rotatable bonds is 2. The third-order valence-electron chi connectivity index (χ3n) is 3.48. The van der Waals surface area contributed by atoms with Crippen LogP contribution in [0.4, 0.5) is 0 Å². The second-order valence-electron chi connectivity index (χ2n) is 4.57. The molecule has 1 aliphatic heterocycles. The van der Waals surface area contributed by atoms with E-state index in [2.05, 4.69) is 10.3 Å². The Balaban J connectivity index is 2.04. The summed E-state index contributed by atoms with van der Waals surface area (Å²) in [6.07, 6.45) is 3.52. The smallest absolute Gasteiger partial charge is 0.0950 e. The van der Waals surface area contributed by atoms with Crippen molar-refractivity contribution in [2.45, 2.75) is 25.0 Å². The quantitative estimate of drug-likeness (QED) is 0.826. The molecule has 2 aromatic rings. The first-order valence-electron chi connectivity index (χ1n) is 6.11. The van der Waals surface area contributed by atoms with Crippen molar-refractivity contribution in [3.05, 3.63) is 42.1 Å². The molecule has 1 aromatic heterocycles. The van der Waals surface area contributed by atoms with Gasteiger partial charge in [-0.25, -0.2) is 0 Å². The molecule has 0 bridgehead atoms. The molecule has 3 rings (SSSR count). The Labute approximate surface area is 100 Å². The monoisotopic (exact) mass is 228 g/mol. The summed E-state index contributed by atoms with van der Waals surface area (Å²) in [6, 6.07) is 10.1. The molecule has 1 fully saturated rings. The van der Waals surface area contributed by atoms with E-state index in [0.717, 1.165) is 35.9 Å². The van der Waals surface area contributed by atoms with Gasteiger partial charge in [-0.1, -0.05) is 18.2 Å². The van der Waals surface area contributed by atoms with Gasteiger partial charge in [0.05, 0.1) is 11.6 Å². The highest BCUT2D eigenvalue weighted by molar-refractivity contribution is 5.82. The number of pyridine rings is 1. The molecular weight excluding hydrogens is 212 g/mol. The molecule has 3 nitrogen and oxygen atoms in total. The molecule has 2 heterocycles. The zero-order valence-electron chi connectivity index (χ0n) is 9.63. The zero-order chi connectivity index (χ0) is 11.7. The molecule has 1 aromatic carbocycles. The molecule has 2 unspecified atom stereocenters. The van der Waals surface area contributed by atoms with Crippen molar-refractivity contribution in [1.29, 1.82) is 0 Å². The first-order chi connectivity index (χ1) is 8.36. The molecule has 17 heavy (non-hydrogen) atoms. The van der Waals surface area contributed by atoms with E-state index in [4.69, 9.17) is 0 Å². The Kier molecular flexibility index (Phi) is 2.79. The van der Waals surface area contributed by atoms with Gasteiger partial charge in [-0.15, -0.1) is 0 Å². The second-order valence-corrected chi connectivity index (χ2v) is 4.57. The lowest BCUT2D eigenvalue weighted by Crippen LogP contribution is -2.28. The lowest BCUT2D eigenvalue weighted by molar-refractivity contribution is 0.139. The van der Waals surface area contributed by atoms with Gasteiger partial charge in [0.1, 0.15) is 0 Å². The fourth-order valence-electron chi connectivity index (χ4n) is 2.57. The number of fused-ring (bicyclic) bond motifs is 1. The summed E-state index contributed by atoms with van der Waals surface area (Å²) in [5.41, 5.74) is 1.93. The normalized spacial score (nSPS) is 21.8. The summed E-state index contributed by atoms with van der Waals surface area (Å²) in [5, 5.41) is 14.8. The fraction of sp³-hybridized carbons (Fsp3) is 0.357. The molecule has 0 aliphatic carbocycles. The summed E-state index contributed by atoms with van der Waals surface area (Å²) in [4.78, 5) is 4.32. The standard InChI is InChI=1S/C14H16N2O/c17-14(13-6-3-8-15-13)11-7-9-16-12-5-2-1-4-10(11)12/h1-2,4-5,7,9,13-15,17H,3,6,8H2. The predicted molar refractivity (Wildman–Crippen MR) is 67.7 cm³/mol. The molecule has 0 radical (unpaired) electrons. The van der Waals surface area contributed by atoms with Crippen LogP contribution >= 0.6 is 0 Å². The van der Waals surface area contributed by atoms with Crippen molar-refractivity contribution in [3.63, 3.8) is 0 Å². The lowest BCUT2D eigenvalue weighted by Gasteiger charge is -2.19. The third kappa shape index (κ3) is 1.92. The van der Waals surface area contributed by atoms with Crippen LogP contribution in [0.5, 0.6) is 0 Å². The van der Waals surface area contributed by atoms with Gasteiger partial charge in [0.25, 0.3) is 0 Å². The van der Waals surface area contributed by atoms with Crippen LogP contribution in [0.25, 0.3) is 10.9 Å². The molecule has 2 N–H and O–H groups in total. The topological polar surface area (TPSA) is 45.2 Å². The van der Waals surface area contributed by atoms with Gasteiger partial charge in [0.15, 0.2) is 0 Å². The van der Waals surface area contributed by atoms with Gasteiger partial charge in [0, 0.05) is 17.6 Å². The highest BCUT2D eigenvalue weighted by Gasteiger charge is 2.25. The van der Waals surface area contributed by atoms with E-state index in [9.17, 15) is 5.11 Å². The van der Waals surface area contributed by atoms with Crippen LogP contribution in [0.2, 0.25) is 0 Å². The van der Waals surface area contributed by atoms with E-state index in [-0.39, 0.29) is 6.04 Å². The fourth-order valence-corrected chi connectivity index (χ4v) is 2.57. The van der Waals surface area contributed by atoms with Gasteiger partial charge < -0.3 is 10.4 Å². The molecule has 88 valence electrons. The number of aliphatic hydroxyl groups is 1. The number of nitrogens with zero attached hydrogens (tertiary/aromatic N) is 1. The zero-order valence-corrected chi connectivity index (χ0v) is 9.63. The van der Waals surface area contributed by atoms with E-state index in [1.54, 1.807) is 6.20 Å². The Bertz CT molecular complexity index is 515. The maximum atomic E-state index is 10.4. The number of nitrogens with one attached hydrogen (secondary N) is 1. The van der Waals surface area contributed by atoms with Crippen LogP contribution in [-0.2, 0) is 0 Å². The van der Waals surface area contributed by atoms with E-state index >= 15 is 0 Å². The number of hydrogen-bond acceptors (Lipinski definition) is 3. The van der Waals surface area contributed by atoms with E-state index in [1.807, 2.05) is 30.3 Å². The average Bonchev–Trinajstić information content (AvgIpc) is 2.91. The van der Waals surface area contributed by atoms with Crippen LogP contribution in [0.1, 0.15) is 24.5 Å². The van der Waals surface area contributed by atoms with Crippen molar-refractivity contribution in [1.82, 2.24) is 10.3 Å². The molecule has 0 amide bonds. The maximum Gasteiger partial charge on any atom is 0.0950 e. The molecule has 3 heteroatoms. The molecule has 1 saturated heterocycles. The van der Waals surface area contributed by atoms with Gasteiger partial charge >= 0.3 is 0 Å². The Morgan fingerprint density at radius 1 is 1.29 bits per heavy atom. The number of aliphatic hydroxyl groups excluding tert-OH is 1. The minimum atomic E-state index is -0.439. The minimum absolute atomic E-state index is 0.181. The van der Waals surface area contributed by atoms with Gasteiger partial charge in [0.2, 0.25) is 0 Å². The minimum Gasteiger partial charge on any atom is -0.387 e. The van der Waals surface area contributed by atoms with Crippen LogP contribution < -0.4 is 5.32 Å². The summed E-state index contributed by atoms with van der Waals surface area (Å²) < 4.78 is 0. The van der Waals surface area contributed by atoms with Crippen LogP contribution in [0.3, 0.4) is 0 Å². The summed E-state index contributed by atoms with van der Waals surface area (Å²) >= 11 is 0. The molecular formula is C14H16N2O. The van der Waals surface area contributed by atoms with Gasteiger partial charge in [-0.3, -0.25) is 4.98 Å². The summed E-state index contributed by atoms with van der Waals surface area (Å²) in [5.74, 6) is 0. The predicted octanol–water partition coefficient (Wildman–Crippen LogP) is 2.02. The first kappa shape index (κ1) is 10.7. The maximum absolute atomic E-state index is 10.4.